The quantitative estimate of drug-likeness (QED) is 0.462. The Balaban J connectivity index is 1.45. The molecule has 29 heavy (non-hydrogen) atoms. The van der Waals surface area contributed by atoms with E-state index in [1.807, 2.05) is 24.3 Å². The summed E-state index contributed by atoms with van der Waals surface area (Å²) in [7, 11) is -3.40. The van der Waals surface area contributed by atoms with Gasteiger partial charge in [0.1, 0.15) is 5.01 Å². The number of benzene rings is 2. The van der Waals surface area contributed by atoms with Gasteiger partial charge in [-0.25, -0.2) is 18.1 Å². The topological polar surface area (TPSA) is 88.2 Å². The van der Waals surface area contributed by atoms with Crippen LogP contribution in [0.3, 0.4) is 0 Å². The van der Waals surface area contributed by atoms with Crippen LogP contribution >= 0.6 is 23.1 Å². The number of aromatic nitrogens is 1. The first-order chi connectivity index (χ1) is 13.9. The van der Waals surface area contributed by atoms with E-state index in [1.54, 1.807) is 35.6 Å². The molecular formula is C20H21N3O3S3. The second-order valence-electron chi connectivity index (χ2n) is 6.21. The molecule has 0 aliphatic carbocycles. The minimum atomic E-state index is -3.40. The van der Waals surface area contributed by atoms with Crippen molar-refractivity contribution in [3.63, 3.8) is 0 Å². The molecule has 0 spiro atoms. The summed E-state index contributed by atoms with van der Waals surface area (Å²) in [4.78, 5) is 16.7. The molecule has 0 saturated heterocycles. The van der Waals surface area contributed by atoms with Crippen molar-refractivity contribution in [2.75, 3.05) is 17.6 Å². The number of carbonyl (C=O) groups excluding carboxylic acids is 1. The third-order valence-electron chi connectivity index (χ3n) is 3.84. The lowest BCUT2D eigenvalue weighted by atomic mass is 10.2. The summed E-state index contributed by atoms with van der Waals surface area (Å²) in [5.41, 5.74) is 2.26. The van der Waals surface area contributed by atoms with Gasteiger partial charge >= 0.3 is 0 Å². The number of rotatable bonds is 10. The maximum absolute atomic E-state index is 12.1. The lowest BCUT2D eigenvalue weighted by Crippen LogP contribution is -2.25. The lowest BCUT2D eigenvalue weighted by Gasteiger charge is -2.07. The molecule has 6 nitrogen and oxygen atoms in total. The first-order valence-electron chi connectivity index (χ1n) is 8.84. The summed E-state index contributed by atoms with van der Waals surface area (Å²) in [6, 6.07) is 14.8. The fraction of sp³-hybridized carbons (Fsp3) is 0.200. The van der Waals surface area contributed by atoms with Crippen molar-refractivity contribution in [3.05, 3.63) is 71.8 Å². The Morgan fingerprint density at radius 2 is 1.93 bits per heavy atom. The average molecular weight is 448 g/mol. The molecule has 0 unspecified atom stereocenters. The van der Waals surface area contributed by atoms with E-state index in [1.165, 1.54) is 17.8 Å². The largest absolute Gasteiger partial charge is 0.325 e. The zero-order valence-corrected chi connectivity index (χ0v) is 18.1. The van der Waals surface area contributed by atoms with Crippen LogP contribution in [0.2, 0.25) is 0 Å². The van der Waals surface area contributed by atoms with Crippen molar-refractivity contribution in [2.24, 2.45) is 0 Å². The van der Waals surface area contributed by atoms with Crippen LogP contribution in [0.25, 0.3) is 10.2 Å². The molecule has 0 radical (unpaired) electrons. The SMILES string of the molecule is C=CCNS(=O)(=O)Cc1ccc(NC(=O)CSCc2nc3ccccc3s2)cc1. The van der Waals surface area contributed by atoms with Crippen molar-refractivity contribution < 1.29 is 13.2 Å². The molecule has 1 amide bonds. The fourth-order valence-corrected chi connectivity index (χ4v) is 5.50. The van der Waals surface area contributed by atoms with Crippen LogP contribution in [0.4, 0.5) is 5.69 Å². The summed E-state index contributed by atoms with van der Waals surface area (Å²) in [5.74, 6) is 0.774. The van der Waals surface area contributed by atoms with Gasteiger partial charge < -0.3 is 5.32 Å². The van der Waals surface area contributed by atoms with E-state index in [2.05, 4.69) is 21.6 Å². The minimum Gasteiger partial charge on any atom is -0.325 e. The Labute approximate surface area is 178 Å². The molecule has 0 atom stereocenters. The molecule has 1 heterocycles. The molecule has 3 aromatic rings. The highest BCUT2D eigenvalue weighted by atomic mass is 32.2. The molecule has 0 fully saturated rings. The lowest BCUT2D eigenvalue weighted by molar-refractivity contribution is -0.113. The predicted molar refractivity (Wildman–Crippen MR) is 122 cm³/mol. The zero-order chi connectivity index (χ0) is 20.7. The smallest absolute Gasteiger partial charge is 0.234 e. The summed E-state index contributed by atoms with van der Waals surface area (Å²) in [6.45, 7) is 3.69. The summed E-state index contributed by atoms with van der Waals surface area (Å²) < 4.78 is 27.3. The molecule has 2 aromatic carbocycles. The zero-order valence-electron chi connectivity index (χ0n) is 15.6. The van der Waals surface area contributed by atoms with Crippen molar-refractivity contribution in [1.82, 2.24) is 9.71 Å². The van der Waals surface area contributed by atoms with Crippen LogP contribution in [-0.2, 0) is 26.3 Å². The normalized spacial score (nSPS) is 11.4. The Bertz CT molecular complexity index is 1060. The molecule has 0 saturated carbocycles. The highest BCUT2D eigenvalue weighted by Gasteiger charge is 2.11. The number of amides is 1. The van der Waals surface area contributed by atoms with Gasteiger partial charge in [0, 0.05) is 18.0 Å². The Hall–Kier alpha value is -2.20. The van der Waals surface area contributed by atoms with E-state index in [9.17, 15) is 13.2 Å². The number of fused-ring (bicyclic) bond motifs is 1. The number of hydrogen-bond donors (Lipinski definition) is 2. The molecule has 0 aliphatic rings. The van der Waals surface area contributed by atoms with Gasteiger partial charge in [-0.15, -0.1) is 29.7 Å². The van der Waals surface area contributed by atoms with Crippen molar-refractivity contribution in [2.45, 2.75) is 11.5 Å². The number of thioether (sulfide) groups is 1. The molecular weight excluding hydrogens is 426 g/mol. The molecule has 9 heteroatoms. The van der Waals surface area contributed by atoms with Crippen LogP contribution in [0.1, 0.15) is 10.6 Å². The van der Waals surface area contributed by atoms with Gasteiger partial charge in [0.25, 0.3) is 0 Å². The fourth-order valence-electron chi connectivity index (χ4n) is 2.55. The van der Waals surface area contributed by atoms with Crippen molar-refractivity contribution in [1.29, 1.82) is 0 Å². The third kappa shape index (κ3) is 6.67. The van der Waals surface area contributed by atoms with E-state index in [4.69, 9.17) is 0 Å². The highest BCUT2D eigenvalue weighted by molar-refractivity contribution is 7.99. The maximum Gasteiger partial charge on any atom is 0.234 e. The third-order valence-corrected chi connectivity index (χ3v) is 7.32. The number of anilines is 1. The highest BCUT2D eigenvalue weighted by Crippen LogP contribution is 2.24. The number of para-hydroxylation sites is 1. The molecule has 152 valence electrons. The number of thiazole rings is 1. The molecule has 3 rings (SSSR count). The van der Waals surface area contributed by atoms with Crippen molar-refractivity contribution in [3.8, 4) is 0 Å². The number of sulfonamides is 1. The number of nitrogens with zero attached hydrogens (tertiary/aromatic N) is 1. The maximum atomic E-state index is 12.1. The van der Waals surface area contributed by atoms with E-state index in [0.29, 0.717) is 22.8 Å². The second-order valence-corrected chi connectivity index (χ2v) is 10.1. The first kappa shape index (κ1) is 21.5. The number of carbonyl (C=O) groups is 1. The van der Waals surface area contributed by atoms with Crippen LogP contribution in [0.5, 0.6) is 0 Å². The van der Waals surface area contributed by atoms with Crippen LogP contribution < -0.4 is 10.0 Å². The van der Waals surface area contributed by atoms with Gasteiger partial charge in [-0.3, -0.25) is 4.79 Å². The van der Waals surface area contributed by atoms with Crippen LogP contribution in [0.15, 0.2) is 61.2 Å². The van der Waals surface area contributed by atoms with Crippen molar-refractivity contribution >= 4 is 54.9 Å². The van der Waals surface area contributed by atoms with Crippen LogP contribution in [-0.4, -0.2) is 31.6 Å². The van der Waals surface area contributed by atoms with Gasteiger partial charge in [0.05, 0.1) is 21.7 Å². The van der Waals surface area contributed by atoms with E-state index in [-0.39, 0.29) is 18.2 Å². The molecule has 0 aliphatic heterocycles. The van der Waals surface area contributed by atoms with Gasteiger partial charge in [-0.2, -0.15) is 0 Å². The number of nitrogens with one attached hydrogen (secondary N) is 2. The number of hydrogen-bond acceptors (Lipinski definition) is 6. The Morgan fingerprint density at radius 1 is 1.17 bits per heavy atom. The first-order valence-corrected chi connectivity index (χ1v) is 12.5. The van der Waals surface area contributed by atoms with Gasteiger partial charge in [0.2, 0.25) is 15.9 Å². The second kappa shape index (κ2) is 10.0. The Kier molecular flexibility index (Phi) is 7.43. The predicted octanol–water partition coefficient (Wildman–Crippen LogP) is 3.77. The minimum absolute atomic E-state index is 0.107. The summed E-state index contributed by atoms with van der Waals surface area (Å²) in [6.07, 6.45) is 1.49. The van der Waals surface area contributed by atoms with E-state index in [0.717, 1.165) is 15.2 Å². The summed E-state index contributed by atoms with van der Waals surface area (Å²) >= 11 is 3.15. The Morgan fingerprint density at radius 3 is 2.66 bits per heavy atom. The van der Waals surface area contributed by atoms with E-state index >= 15 is 0 Å². The summed E-state index contributed by atoms with van der Waals surface area (Å²) in [5, 5.41) is 3.82. The van der Waals surface area contributed by atoms with E-state index < -0.39 is 10.0 Å². The molecule has 0 bridgehead atoms. The monoisotopic (exact) mass is 447 g/mol. The average Bonchev–Trinajstić information content (AvgIpc) is 3.10. The molecule has 1 aromatic heterocycles. The molecule has 2 N–H and O–H groups in total. The van der Waals surface area contributed by atoms with Gasteiger partial charge in [-0.1, -0.05) is 30.3 Å². The van der Waals surface area contributed by atoms with Gasteiger partial charge in [-0.05, 0) is 29.8 Å². The van der Waals surface area contributed by atoms with Crippen LogP contribution in [0, 0.1) is 0 Å². The van der Waals surface area contributed by atoms with Gasteiger partial charge in [0.15, 0.2) is 0 Å². The standard InChI is InChI=1S/C20H21N3O3S3/c1-2-11-21-29(25,26)14-15-7-9-16(10-8-15)22-19(24)12-27-13-20-23-17-5-3-4-6-18(17)28-20/h2-10,21H,1,11-14H2,(H,22,24).